The van der Waals surface area contributed by atoms with Crippen molar-refractivity contribution in [2.24, 2.45) is 0 Å². The maximum Gasteiger partial charge on any atom is 0.301 e. The molecular weight excluding hydrogens is 428 g/mol. The lowest BCUT2D eigenvalue weighted by Gasteiger charge is -2.26. The van der Waals surface area contributed by atoms with E-state index in [1.165, 1.54) is 12.5 Å². The molecule has 166 valence electrons. The van der Waals surface area contributed by atoms with Crippen LogP contribution >= 0.6 is 0 Å². The molecule has 3 aromatic carbocycles. The number of oxazole rings is 1. The molecule has 0 radical (unpaired) electrons. The fourth-order valence-corrected chi connectivity index (χ4v) is 4.51. The molecule has 0 saturated carbocycles. The van der Waals surface area contributed by atoms with E-state index >= 15 is 0 Å². The highest BCUT2D eigenvalue weighted by Gasteiger charge is 2.38. The van der Waals surface area contributed by atoms with E-state index in [-0.39, 0.29) is 17.8 Å². The van der Waals surface area contributed by atoms with Crippen LogP contribution in [0.2, 0.25) is 0 Å². The van der Waals surface area contributed by atoms with Crippen LogP contribution in [-0.2, 0) is 11.3 Å². The molecule has 34 heavy (non-hydrogen) atoms. The zero-order chi connectivity index (χ0) is 23.1. The first kappa shape index (κ1) is 20.0. The second kappa shape index (κ2) is 8.04. The lowest BCUT2D eigenvalue weighted by atomic mass is 9.99. The van der Waals surface area contributed by atoms with Crippen molar-refractivity contribution < 1.29 is 14.0 Å². The van der Waals surface area contributed by atoms with Crippen molar-refractivity contribution in [3.05, 3.63) is 108 Å². The van der Waals surface area contributed by atoms with Gasteiger partial charge in [-0.1, -0.05) is 48.5 Å². The number of nitrogens with zero attached hydrogens (tertiary/aromatic N) is 2. The van der Waals surface area contributed by atoms with Gasteiger partial charge in [-0.25, -0.2) is 4.98 Å². The molecule has 2 N–H and O–H groups in total. The summed E-state index contributed by atoms with van der Waals surface area (Å²) in [5.74, 6) is -0.566. The molecule has 0 spiro atoms. The summed E-state index contributed by atoms with van der Waals surface area (Å²) >= 11 is 0. The first-order valence-corrected chi connectivity index (χ1v) is 10.9. The lowest BCUT2D eigenvalue weighted by Crippen LogP contribution is -2.37. The molecule has 0 fully saturated rings. The molecule has 1 atom stereocenters. The van der Waals surface area contributed by atoms with Gasteiger partial charge in [-0.05, 0) is 51.9 Å². The van der Waals surface area contributed by atoms with Gasteiger partial charge >= 0.3 is 6.01 Å². The summed E-state index contributed by atoms with van der Waals surface area (Å²) in [4.78, 5) is 35.6. The monoisotopic (exact) mass is 448 g/mol. The van der Waals surface area contributed by atoms with Gasteiger partial charge < -0.3 is 14.3 Å². The Morgan fingerprint density at radius 2 is 1.85 bits per heavy atom. The van der Waals surface area contributed by atoms with Crippen LogP contribution in [0.15, 0.2) is 95.9 Å². The lowest BCUT2D eigenvalue weighted by molar-refractivity contribution is -0.121. The van der Waals surface area contributed by atoms with Gasteiger partial charge in [0.25, 0.3) is 11.8 Å². The van der Waals surface area contributed by atoms with Gasteiger partial charge in [-0.3, -0.25) is 14.9 Å². The number of aromatic nitrogens is 2. The molecule has 5 aromatic rings. The number of amides is 2. The van der Waals surface area contributed by atoms with Crippen LogP contribution in [-0.4, -0.2) is 26.7 Å². The Morgan fingerprint density at radius 3 is 2.68 bits per heavy atom. The molecule has 6 rings (SSSR count). The maximum atomic E-state index is 13.6. The number of carbonyl (C=O) groups excluding carboxylic acids is 2. The Bertz CT molecular complexity index is 1510. The quantitative estimate of drug-likeness (QED) is 0.389. The van der Waals surface area contributed by atoms with Crippen molar-refractivity contribution in [2.75, 3.05) is 5.32 Å². The molecule has 2 amide bonds. The van der Waals surface area contributed by atoms with Crippen LogP contribution in [0.1, 0.15) is 27.5 Å². The predicted octanol–water partition coefficient (Wildman–Crippen LogP) is 5.16. The van der Waals surface area contributed by atoms with Crippen LogP contribution in [0.3, 0.4) is 0 Å². The highest BCUT2D eigenvalue weighted by molar-refractivity contribution is 6.04. The summed E-state index contributed by atoms with van der Waals surface area (Å²) in [5, 5.41) is 3.79. The van der Waals surface area contributed by atoms with Crippen molar-refractivity contribution in [2.45, 2.75) is 12.6 Å². The Labute approximate surface area is 195 Å². The molecule has 7 nitrogen and oxygen atoms in total. The second-order valence-electron chi connectivity index (χ2n) is 8.22. The summed E-state index contributed by atoms with van der Waals surface area (Å²) < 4.78 is 5.18. The predicted molar refractivity (Wildman–Crippen MR) is 128 cm³/mol. The first-order valence-electron chi connectivity index (χ1n) is 10.9. The first-order chi connectivity index (χ1) is 16.7. The molecule has 2 aromatic heterocycles. The summed E-state index contributed by atoms with van der Waals surface area (Å²) in [5.41, 5.74) is 5.26. The molecule has 0 saturated heterocycles. The van der Waals surface area contributed by atoms with Crippen LogP contribution in [0.4, 0.5) is 6.01 Å². The van der Waals surface area contributed by atoms with Crippen molar-refractivity contribution in [1.82, 2.24) is 14.9 Å². The van der Waals surface area contributed by atoms with Crippen molar-refractivity contribution >= 4 is 28.7 Å². The van der Waals surface area contributed by atoms with E-state index in [1.807, 2.05) is 72.9 Å². The number of hydrogen-bond donors (Lipinski definition) is 2. The summed E-state index contributed by atoms with van der Waals surface area (Å²) in [6.45, 7) is 0.337. The average Bonchev–Trinajstić information content (AvgIpc) is 3.61. The number of H-pyrrole nitrogens is 1. The summed E-state index contributed by atoms with van der Waals surface area (Å²) in [7, 11) is 0. The number of rotatable bonds is 5. The Balaban J connectivity index is 1.35. The zero-order valence-corrected chi connectivity index (χ0v) is 18.1. The number of carbonyl (C=O) groups is 2. The fourth-order valence-electron chi connectivity index (χ4n) is 4.51. The number of aromatic amines is 1. The molecule has 1 unspecified atom stereocenters. The maximum absolute atomic E-state index is 13.6. The normalized spacial score (nSPS) is 13.8. The van der Waals surface area contributed by atoms with Gasteiger partial charge in [0, 0.05) is 23.8 Å². The van der Waals surface area contributed by atoms with Crippen LogP contribution < -0.4 is 5.32 Å². The fraction of sp³-hybridized carbons (Fsp3) is 0.0741. The van der Waals surface area contributed by atoms with E-state index < -0.39 is 6.04 Å². The van der Waals surface area contributed by atoms with E-state index in [0.717, 1.165) is 27.6 Å². The van der Waals surface area contributed by atoms with Gasteiger partial charge in [-0.15, -0.1) is 0 Å². The molecule has 3 heterocycles. The van der Waals surface area contributed by atoms with Crippen molar-refractivity contribution in [3.63, 3.8) is 0 Å². The molecule has 1 aliphatic rings. The van der Waals surface area contributed by atoms with E-state index in [1.54, 1.807) is 4.90 Å². The van der Waals surface area contributed by atoms with E-state index in [9.17, 15) is 9.59 Å². The third kappa shape index (κ3) is 3.44. The van der Waals surface area contributed by atoms with Gasteiger partial charge in [-0.2, -0.15) is 0 Å². The topological polar surface area (TPSA) is 91.2 Å². The van der Waals surface area contributed by atoms with E-state index in [0.29, 0.717) is 17.7 Å². The second-order valence-corrected chi connectivity index (χ2v) is 8.22. The minimum Gasteiger partial charge on any atom is -0.432 e. The summed E-state index contributed by atoms with van der Waals surface area (Å²) in [6.07, 6.45) is 4.75. The number of fused-ring (bicyclic) bond motifs is 2. The van der Waals surface area contributed by atoms with Gasteiger partial charge in [0.05, 0.1) is 6.20 Å². The molecule has 0 aliphatic carbocycles. The van der Waals surface area contributed by atoms with Crippen LogP contribution in [0.5, 0.6) is 0 Å². The van der Waals surface area contributed by atoms with Crippen LogP contribution in [0, 0.1) is 0 Å². The highest BCUT2D eigenvalue weighted by Crippen LogP contribution is 2.35. The van der Waals surface area contributed by atoms with E-state index in [2.05, 4.69) is 21.4 Å². The zero-order valence-electron chi connectivity index (χ0n) is 18.1. The largest absolute Gasteiger partial charge is 0.432 e. The van der Waals surface area contributed by atoms with Crippen molar-refractivity contribution in [3.8, 4) is 11.1 Å². The van der Waals surface area contributed by atoms with Crippen molar-refractivity contribution in [1.29, 1.82) is 0 Å². The molecule has 0 bridgehead atoms. The van der Waals surface area contributed by atoms with Gasteiger partial charge in [0.15, 0.2) is 0 Å². The minimum absolute atomic E-state index is 0.0949. The Hall–Kier alpha value is -4.65. The highest BCUT2D eigenvalue weighted by atomic mass is 16.4. The third-order valence-corrected chi connectivity index (χ3v) is 6.17. The average molecular weight is 448 g/mol. The Kier molecular flexibility index (Phi) is 4.73. The smallest absolute Gasteiger partial charge is 0.301 e. The minimum atomic E-state index is -0.826. The molecule has 1 aliphatic heterocycles. The summed E-state index contributed by atoms with van der Waals surface area (Å²) in [6, 6.07) is 22.6. The molecular formula is C27H20N4O3. The van der Waals surface area contributed by atoms with Gasteiger partial charge in [0.1, 0.15) is 12.3 Å². The van der Waals surface area contributed by atoms with E-state index in [4.69, 9.17) is 4.42 Å². The third-order valence-electron chi connectivity index (χ3n) is 6.17. The Morgan fingerprint density at radius 1 is 1.03 bits per heavy atom. The van der Waals surface area contributed by atoms with Crippen LogP contribution in [0.25, 0.3) is 22.0 Å². The standard InChI is InChI=1S/C27H20N4O3/c32-25(30-27-29-12-13-34-27)24(17-4-2-1-3-5-17)31-16-21-7-6-19(15-22(21)26(31)33)18-8-9-23-20(14-18)10-11-28-23/h1-15,24,28H,16H2,(H,29,30,32). The number of benzene rings is 3. The SMILES string of the molecule is O=C(Nc1ncco1)C(c1ccccc1)N1Cc2ccc(-c3ccc4[nH]ccc4c3)cc2C1=O. The number of hydrogen-bond acceptors (Lipinski definition) is 4. The number of anilines is 1. The van der Waals surface area contributed by atoms with Gasteiger partial charge in [0.2, 0.25) is 0 Å². The number of nitrogens with one attached hydrogen (secondary N) is 2. The molecule has 7 heteroatoms.